The number of thiophene rings is 1. The maximum Gasteiger partial charge on any atom is 0.137 e. The van der Waals surface area contributed by atoms with Crippen LogP contribution in [-0.2, 0) is 5.60 Å². The molecule has 4 aromatic rings. The van der Waals surface area contributed by atoms with E-state index in [1.807, 2.05) is 30.3 Å². The Labute approximate surface area is 144 Å². The maximum atomic E-state index is 10.2. The van der Waals surface area contributed by atoms with Crippen LogP contribution in [0.4, 0.5) is 0 Å². The van der Waals surface area contributed by atoms with Crippen molar-refractivity contribution in [2.75, 3.05) is 0 Å². The summed E-state index contributed by atoms with van der Waals surface area (Å²) >= 11 is 1.69. The fraction of sp³-hybridized carbons (Fsp3) is 0.150. The lowest BCUT2D eigenvalue weighted by Crippen LogP contribution is -2.15. The van der Waals surface area contributed by atoms with E-state index in [1.54, 1.807) is 25.2 Å². The average Bonchev–Trinajstić information content (AvgIpc) is 3.22. The number of fused-ring (bicyclic) bond motifs is 1. The van der Waals surface area contributed by atoms with Gasteiger partial charge in [-0.25, -0.2) is 4.98 Å². The number of imidazole rings is 1. The molecule has 0 aliphatic carbocycles. The first-order valence-corrected chi connectivity index (χ1v) is 8.75. The number of aromatic nitrogens is 2. The quantitative estimate of drug-likeness (QED) is 0.575. The highest BCUT2D eigenvalue weighted by atomic mass is 32.1. The zero-order chi connectivity index (χ0) is 16.7. The number of nitrogens with zero attached hydrogens (tertiary/aromatic N) is 2. The van der Waals surface area contributed by atoms with E-state index < -0.39 is 5.60 Å². The second-order valence-corrected chi connectivity index (χ2v) is 7.37. The minimum Gasteiger partial charge on any atom is -0.386 e. The Kier molecular flexibility index (Phi) is 3.52. The first-order chi connectivity index (χ1) is 11.5. The van der Waals surface area contributed by atoms with Crippen molar-refractivity contribution in [3.8, 4) is 21.7 Å². The molecule has 1 N–H and O–H groups in total. The molecule has 0 amide bonds. The van der Waals surface area contributed by atoms with Crippen molar-refractivity contribution in [1.82, 2.24) is 9.38 Å². The van der Waals surface area contributed by atoms with Gasteiger partial charge in [0.05, 0.1) is 16.2 Å². The van der Waals surface area contributed by atoms with Gasteiger partial charge in [0.15, 0.2) is 0 Å². The lowest BCUT2D eigenvalue weighted by molar-refractivity contribution is 0.0786. The van der Waals surface area contributed by atoms with E-state index in [4.69, 9.17) is 0 Å². The van der Waals surface area contributed by atoms with Crippen molar-refractivity contribution < 1.29 is 5.11 Å². The van der Waals surface area contributed by atoms with Gasteiger partial charge < -0.3 is 9.51 Å². The molecule has 1 aromatic carbocycles. The Morgan fingerprint density at radius 2 is 1.88 bits per heavy atom. The molecule has 3 aromatic heterocycles. The van der Waals surface area contributed by atoms with E-state index in [2.05, 4.69) is 45.4 Å². The van der Waals surface area contributed by atoms with Crippen LogP contribution in [0, 0.1) is 0 Å². The van der Waals surface area contributed by atoms with Crippen LogP contribution in [0.15, 0.2) is 66.3 Å². The highest BCUT2D eigenvalue weighted by molar-refractivity contribution is 7.13. The Hall–Kier alpha value is -2.43. The molecular formula is C20H18N2OS. The monoisotopic (exact) mass is 334 g/mol. The molecule has 4 rings (SSSR count). The van der Waals surface area contributed by atoms with Gasteiger partial charge >= 0.3 is 0 Å². The fourth-order valence-corrected chi connectivity index (χ4v) is 3.46. The highest BCUT2D eigenvalue weighted by Crippen LogP contribution is 2.28. The van der Waals surface area contributed by atoms with Crippen LogP contribution in [0.25, 0.3) is 27.3 Å². The summed E-state index contributed by atoms with van der Waals surface area (Å²) < 4.78 is 2.06. The maximum absolute atomic E-state index is 10.2. The molecule has 4 heteroatoms. The molecule has 120 valence electrons. The van der Waals surface area contributed by atoms with Gasteiger partial charge in [-0.05, 0) is 60.2 Å². The molecule has 24 heavy (non-hydrogen) atoms. The summed E-state index contributed by atoms with van der Waals surface area (Å²) in [5.74, 6) is 0. The summed E-state index contributed by atoms with van der Waals surface area (Å²) in [5, 5.41) is 12.3. The smallest absolute Gasteiger partial charge is 0.137 e. The first kappa shape index (κ1) is 15.1. The van der Waals surface area contributed by atoms with E-state index in [1.165, 1.54) is 4.88 Å². The van der Waals surface area contributed by atoms with Gasteiger partial charge in [0, 0.05) is 12.4 Å². The highest BCUT2D eigenvalue weighted by Gasteiger charge is 2.16. The molecule has 0 fully saturated rings. The van der Waals surface area contributed by atoms with Crippen LogP contribution in [-0.4, -0.2) is 14.5 Å². The number of benzene rings is 1. The van der Waals surface area contributed by atoms with Crippen molar-refractivity contribution in [3.63, 3.8) is 0 Å². The molecule has 0 aliphatic heterocycles. The summed E-state index contributed by atoms with van der Waals surface area (Å²) in [5.41, 5.74) is 4.17. The Morgan fingerprint density at radius 1 is 1.00 bits per heavy atom. The Bertz CT molecular complexity index is 994. The van der Waals surface area contributed by atoms with Gasteiger partial charge in [-0.2, -0.15) is 0 Å². The van der Waals surface area contributed by atoms with Crippen molar-refractivity contribution in [3.05, 3.63) is 71.9 Å². The van der Waals surface area contributed by atoms with E-state index >= 15 is 0 Å². The SMILES string of the molecule is CC(C)(O)c1cccc(-c2ccc3nc(-c4cccs4)cn3c2)c1. The standard InChI is InChI=1S/C20H18N2OS/c1-20(2,23)16-6-3-5-14(11-16)15-8-9-19-21-17(13-22(19)12-15)18-7-4-10-24-18/h3-13,23H,1-2H3. The largest absolute Gasteiger partial charge is 0.386 e. The van der Waals surface area contributed by atoms with Gasteiger partial charge in [-0.15, -0.1) is 11.3 Å². The predicted molar refractivity (Wildman–Crippen MR) is 99.2 cm³/mol. The number of pyridine rings is 1. The van der Waals surface area contributed by atoms with E-state index in [0.717, 1.165) is 28.0 Å². The minimum atomic E-state index is -0.846. The zero-order valence-electron chi connectivity index (χ0n) is 13.6. The van der Waals surface area contributed by atoms with E-state index in [-0.39, 0.29) is 0 Å². The predicted octanol–water partition coefficient (Wildman–Crippen LogP) is 4.96. The van der Waals surface area contributed by atoms with Crippen molar-refractivity contribution in [2.45, 2.75) is 19.4 Å². The van der Waals surface area contributed by atoms with E-state index in [0.29, 0.717) is 0 Å². The van der Waals surface area contributed by atoms with Crippen LogP contribution < -0.4 is 0 Å². The fourth-order valence-electron chi connectivity index (χ4n) is 2.78. The Balaban J connectivity index is 1.78. The van der Waals surface area contributed by atoms with Crippen LogP contribution in [0.5, 0.6) is 0 Å². The third-order valence-corrected chi connectivity index (χ3v) is 5.02. The molecule has 0 radical (unpaired) electrons. The summed E-state index contributed by atoms with van der Waals surface area (Å²) in [6, 6.07) is 16.3. The number of hydrogen-bond acceptors (Lipinski definition) is 3. The van der Waals surface area contributed by atoms with Gasteiger partial charge in [0.25, 0.3) is 0 Å². The summed E-state index contributed by atoms with van der Waals surface area (Å²) in [6.45, 7) is 3.61. The van der Waals surface area contributed by atoms with Crippen molar-refractivity contribution >= 4 is 17.0 Å². The normalized spacial score (nSPS) is 12.0. The van der Waals surface area contributed by atoms with Gasteiger partial charge in [0.2, 0.25) is 0 Å². The van der Waals surface area contributed by atoms with Crippen molar-refractivity contribution in [1.29, 1.82) is 0 Å². The number of aliphatic hydroxyl groups is 1. The molecule has 0 unspecified atom stereocenters. The van der Waals surface area contributed by atoms with Gasteiger partial charge in [0.1, 0.15) is 5.65 Å². The molecule has 3 heterocycles. The summed E-state index contributed by atoms with van der Waals surface area (Å²) in [6.07, 6.45) is 4.15. The minimum absolute atomic E-state index is 0.846. The second kappa shape index (κ2) is 5.58. The first-order valence-electron chi connectivity index (χ1n) is 7.87. The van der Waals surface area contributed by atoms with Gasteiger partial charge in [-0.1, -0.05) is 24.3 Å². The summed E-state index contributed by atoms with van der Waals surface area (Å²) in [7, 11) is 0. The van der Waals surface area contributed by atoms with E-state index in [9.17, 15) is 5.11 Å². The third kappa shape index (κ3) is 2.75. The molecule has 0 spiro atoms. The molecular weight excluding hydrogens is 316 g/mol. The summed E-state index contributed by atoms with van der Waals surface area (Å²) in [4.78, 5) is 5.85. The Morgan fingerprint density at radius 3 is 2.62 bits per heavy atom. The number of hydrogen-bond donors (Lipinski definition) is 1. The lowest BCUT2D eigenvalue weighted by Gasteiger charge is -2.18. The van der Waals surface area contributed by atoms with Crippen LogP contribution in [0.1, 0.15) is 19.4 Å². The third-order valence-electron chi connectivity index (χ3n) is 4.13. The van der Waals surface area contributed by atoms with Crippen LogP contribution in [0.2, 0.25) is 0 Å². The average molecular weight is 334 g/mol. The van der Waals surface area contributed by atoms with Crippen LogP contribution >= 0.6 is 11.3 Å². The topological polar surface area (TPSA) is 37.5 Å². The second-order valence-electron chi connectivity index (χ2n) is 6.43. The molecule has 0 bridgehead atoms. The lowest BCUT2D eigenvalue weighted by atomic mass is 9.95. The molecule has 0 saturated carbocycles. The molecule has 0 saturated heterocycles. The molecule has 3 nitrogen and oxygen atoms in total. The van der Waals surface area contributed by atoms with Gasteiger partial charge in [-0.3, -0.25) is 0 Å². The van der Waals surface area contributed by atoms with Crippen LogP contribution in [0.3, 0.4) is 0 Å². The number of rotatable bonds is 3. The van der Waals surface area contributed by atoms with Crippen molar-refractivity contribution in [2.24, 2.45) is 0 Å². The zero-order valence-corrected chi connectivity index (χ0v) is 14.4. The molecule has 0 atom stereocenters. The molecule has 0 aliphatic rings.